The maximum Gasteiger partial charge on any atom is 0.472 e. The summed E-state index contributed by atoms with van der Waals surface area (Å²) in [6.45, 7) is 7.08. The predicted octanol–water partition coefficient (Wildman–Crippen LogP) is 8.76. The smallest absolute Gasteiger partial charge is 0.457 e. The van der Waals surface area contributed by atoms with Crippen LogP contribution in [0.3, 0.4) is 0 Å². The van der Waals surface area contributed by atoms with Crippen LogP contribution in [-0.2, 0) is 27.9 Å². The van der Waals surface area contributed by atoms with Crippen molar-refractivity contribution in [1.29, 1.82) is 0 Å². The number of carbonyl (C=O) groups excluding carboxylic acids is 1. The normalized spacial score (nSPS) is 14.0. The Morgan fingerprint density at radius 3 is 1.83 bits per heavy atom. The van der Waals surface area contributed by atoms with Crippen LogP contribution in [0.15, 0.2) is 12.7 Å². The first-order valence-electron chi connectivity index (χ1n) is 16.9. The Morgan fingerprint density at radius 2 is 1.29 bits per heavy atom. The third kappa shape index (κ3) is 30.7. The van der Waals surface area contributed by atoms with Gasteiger partial charge in [-0.15, -0.1) is 6.58 Å². The monoisotopic (exact) mass is 620 g/mol. The molecule has 1 N–H and O–H groups in total. The van der Waals surface area contributed by atoms with Crippen LogP contribution in [0.5, 0.6) is 0 Å². The predicted molar refractivity (Wildman–Crippen MR) is 174 cm³/mol. The summed E-state index contributed by atoms with van der Waals surface area (Å²) in [4.78, 5) is 22.5. The van der Waals surface area contributed by atoms with E-state index in [2.05, 4.69) is 13.5 Å². The fraction of sp³-hybridized carbons (Fsp3) is 0.909. The first-order valence-corrected chi connectivity index (χ1v) is 18.4. The molecule has 0 heterocycles. The molecule has 250 valence electrons. The van der Waals surface area contributed by atoms with E-state index in [1.54, 1.807) is 0 Å². The highest BCUT2D eigenvalue weighted by molar-refractivity contribution is 7.47. The molecule has 0 aliphatic rings. The Balaban J connectivity index is 4.21. The molecule has 0 aliphatic heterocycles. The molecular weight excluding hydrogens is 553 g/mol. The number of carbonyl (C=O) groups is 1. The van der Waals surface area contributed by atoms with Gasteiger partial charge in [0.05, 0.1) is 34.4 Å². The zero-order valence-electron chi connectivity index (χ0n) is 27.8. The number of allylic oxidation sites excluding steroid dienone is 1. The van der Waals surface area contributed by atoms with Crippen molar-refractivity contribution in [2.75, 3.05) is 54.1 Å². The first kappa shape index (κ1) is 41.2. The Morgan fingerprint density at radius 1 is 0.762 bits per heavy atom. The van der Waals surface area contributed by atoms with E-state index in [0.29, 0.717) is 24.1 Å². The Kier molecular flexibility index (Phi) is 27.3. The van der Waals surface area contributed by atoms with Crippen LogP contribution in [0.1, 0.15) is 135 Å². The van der Waals surface area contributed by atoms with Gasteiger partial charge in [0.2, 0.25) is 0 Å². The number of ether oxygens (including phenoxy) is 2. The van der Waals surface area contributed by atoms with Crippen LogP contribution in [0.25, 0.3) is 0 Å². The highest BCUT2D eigenvalue weighted by atomic mass is 31.2. The van der Waals surface area contributed by atoms with E-state index in [9.17, 15) is 14.3 Å². The number of likely N-dealkylation sites (N-methyl/N-ethyl adjacent to an activating group) is 1. The zero-order valence-corrected chi connectivity index (χ0v) is 28.7. The number of rotatable bonds is 32. The molecule has 1 unspecified atom stereocenters. The fourth-order valence-electron chi connectivity index (χ4n) is 4.53. The van der Waals surface area contributed by atoms with Crippen LogP contribution in [-0.4, -0.2) is 75.6 Å². The molecule has 0 rings (SSSR count). The summed E-state index contributed by atoms with van der Waals surface area (Å²) in [5.41, 5.74) is 0. The second-order valence-corrected chi connectivity index (χ2v) is 14.1. The molecule has 0 saturated heterocycles. The van der Waals surface area contributed by atoms with Crippen LogP contribution in [0.4, 0.5) is 0 Å². The van der Waals surface area contributed by atoms with Crippen molar-refractivity contribution in [3.05, 3.63) is 12.7 Å². The van der Waals surface area contributed by atoms with E-state index in [1.807, 2.05) is 27.2 Å². The molecule has 2 atom stereocenters. The number of quaternary nitrogens is 1. The van der Waals surface area contributed by atoms with Gasteiger partial charge in [-0.3, -0.25) is 13.8 Å². The molecule has 0 fully saturated rings. The average Bonchev–Trinajstić information content (AvgIpc) is 2.92. The highest BCUT2D eigenvalue weighted by Gasteiger charge is 2.26. The number of unbranched alkanes of at least 4 members (excludes halogenated alkanes) is 17. The van der Waals surface area contributed by atoms with Gasteiger partial charge in [-0.2, -0.15) is 0 Å². The molecule has 0 amide bonds. The van der Waals surface area contributed by atoms with Gasteiger partial charge in [0, 0.05) is 13.0 Å². The summed E-state index contributed by atoms with van der Waals surface area (Å²) in [5.74, 6) is -0.342. The molecule has 9 heteroatoms. The van der Waals surface area contributed by atoms with E-state index in [4.69, 9.17) is 18.5 Å². The summed E-state index contributed by atoms with van der Waals surface area (Å²) in [6, 6.07) is 0. The fourth-order valence-corrected chi connectivity index (χ4v) is 5.27. The second kappa shape index (κ2) is 27.8. The Hall–Kier alpha value is -0.760. The van der Waals surface area contributed by atoms with E-state index >= 15 is 0 Å². The van der Waals surface area contributed by atoms with E-state index < -0.39 is 13.9 Å². The van der Waals surface area contributed by atoms with Gasteiger partial charge in [-0.25, -0.2) is 4.57 Å². The van der Waals surface area contributed by atoms with Crippen molar-refractivity contribution in [1.82, 2.24) is 0 Å². The van der Waals surface area contributed by atoms with Crippen molar-refractivity contribution < 1.29 is 37.3 Å². The number of hydrogen-bond donors (Lipinski definition) is 1. The number of nitrogens with zero attached hydrogens (tertiary/aromatic N) is 1. The van der Waals surface area contributed by atoms with Crippen molar-refractivity contribution in [3.63, 3.8) is 0 Å². The highest BCUT2D eigenvalue weighted by Crippen LogP contribution is 2.43. The van der Waals surface area contributed by atoms with Crippen LogP contribution >= 0.6 is 7.82 Å². The third-order valence-corrected chi connectivity index (χ3v) is 8.21. The van der Waals surface area contributed by atoms with Crippen LogP contribution < -0.4 is 0 Å². The summed E-state index contributed by atoms with van der Waals surface area (Å²) >= 11 is 0. The van der Waals surface area contributed by atoms with Gasteiger partial charge < -0.3 is 18.9 Å². The molecule has 0 aliphatic carbocycles. The van der Waals surface area contributed by atoms with Gasteiger partial charge in [0.15, 0.2) is 0 Å². The third-order valence-electron chi connectivity index (χ3n) is 7.22. The van der Waals surface area contributed by atoms with Crippen LogP contribution in [0.2, 0.25) is 0 Å². The molecule has 42 heavy (non-hydrogen) atoms. The molecule has 0 saturated carbocycles. The lowest BCUT2D eigenvalue weighted by Gasteiger charge is -2.24. The Bertz CT molecular complexity index is 684. The summed E-state index contributed by atoms with van der Waals surface area (Å²) in [7, 11) is 1.65. The van der Waals surface area contributed by atoms with Crippen molar-refractivity contribution in [3.8, 4) is 0 Å². The molecule has 0 radical (unpaired) electrons. The molecule has 0 bridgehead atoms. The van der Waals surface area contributed by atoms with Crippen molar-refractivity contribution in [2.45, 2.75) is 141 Å². The van der Waals surface area contributed by atoms with Gasteiger partial charge in [0.1, 0.15) is 19.3 Å². The van der Waals surface area contributed by atoms with Gasteiger partial charge >= 0.3 is 13.8 Å². The molecule has 0 aromatic rings. The molecule has 0 aromatic heterocycles. The lowest BCUT2D eigenvalue weighted by atomic mass is 10.0. The standard InChI is InChI=1S/C33H66NO7P/c1-6-8-10-12-14-15-16-17-18-19-20-21-23-25-28-38-30-32(41-33(35)26-24-22-13-11-9-7-2)31-40-42(36,37)39-29-27-34(3,4)5/h7,32H,2,6,8-31H2,1,3-5H3/p+1/t32-/m1/s1. The minimum absolute atomic E-state index is 0.0865. The van der Waals surface area contributed by atoms with E-state index in [1.165, 1.54) is 77.0 Å². The topological polar surface area (TPSA) is 91.3 Å². The number of phosphoric ester groups is 1. The van der Waals surface area contributed by atoms with Crippen molar-refractivity contribution in [2.24, 2.45) is 0 Å². The number of hydrogen-bond acceptors (Lipinski definition) is 6. The second-order valence-electron chi connectivity index (χ2n) is 12.6. The molecular formula is C33H67NO7P+. The molecule has 0 spiro atoms. The summed E-state index contributed by atoms with van der Waals surface area (Å²) in [5, 5.41) is 0. The van der Waals surface area contributed by atoms with Gasteiger partial charge in [0.25, 0.3) is 0 Å². The minimum atomic E-state index is -4.25. The maximum absolute atomic E-state index is 12.4. The lowest BCUT2D eigenvalue weighted by Crippen LogP contribution is -2.37. The summed E-state index contributed by atoms with van der Waals surface area (Å²) < 4.78 is 34.5. The quantitative estimate of drug-likeness (QED) is 0.0264. The Labute approximate surface area is 259 Å². The lowest BCUT2D eigenvalue weighted by molar-refractivity contribution is -0.870. The zero-order chi connectivity index (χ0) is 31.4. The largest absolute Gasteiger partial charge is 0.472 e. The molecule has 0 aromatic carbocycles. The summed E-state index contributed by atoms with van der Waals surface area (Å²) in [6.07, 6.45) is 24.4. The van der Waals surface area contributed by atoms with Gasteiger partial charge in [-0.05, 0) is 25.7 Å². The van der Waals surface area contributed by atoms with Crippen molar-refractivity contribution >= 4 is 13.8 Å². The van der Waals surface area contributed by atoms with E-state index in [-0.39, 0.29) is 25.8 Å². The number of esters is 1. The van der Waals surface area contributed by atoms with Crippen LogP contribution in [0, 0.1) is 0 Å². The van der Waals surface area contributed by atoms with E-state index in [0.717, 1.165) is 44.9 Å². The first-order chi connectivity index (χ1) is 20.1. The minimum Gasteiger partial charge on any atom is -0.457 e. The maximum atomic E-state index is 12.4. The SMILES string of the molecule is C=CCCCCCCC(=O)O[C@H](COCCCCCCCCCCCCCCCC)COP(=O)(O)OCC[N+](C)(C)C. The molecule has 8 nitrogen and oxygen atoms in total. The number of phosphoric acid groups is 1. The van der Waals surface area contributed by atoms with Gasteiger partial charge in [-0.1, -0.05) is 109 Å². The average molecular weight is 621 g/mol.